The highest BCUT2D eigenvalue weighted by Crippen LogP contribution is 2.34. The Morgan fingerprint density at radius 2 is 1.78 bits per heavy atom. The third-order valence-corrected chi connectivity index (χ3v) is 5.43. The van der Waals surface area contributed by atoms with Crippen LogP contribution in [-0.4, -0.2) is 37.7 Å². The first-order valence-electron chi connectivity index (χ1n) is 8.57. The molecule has 0 radical (unpaired) electrons. The molecule has 1 unspecified atom stereocenters. The van der Waals surface area contributed by atoms with Gasteiger partial charge in [-0.1, -0.05) is 11.6 Å². The number of methoxy groups -OCH3 is 2. The Morgan fingerprint density at radius 1 is 1.11 bits per heavy atom. The number of hydrogen-bond donors (Lipinski definition) is 0. The van der Waals surface area contributed by atoms with Crippen LogP contribution in [0.3, 0.4) is 0 Å². The van der Waals surface area contributed by atoms with E-state index in [4.69, 9.17) is 25.8 Å². The number of fused-ring (bicyclic) bond motifs is 1. The summed E-state index contributed by atoms with van der Waals surface area (Å²) in [5.74, 6) is 1.90. The van der Waals surface area contributed by atoms with E-state index in [0.29, 0.717) is 35.4 Å². The highest BCUT2D eigenvalue weighted by molar-refractivity contribution is 9.10. The number of benzene rings is 2. The Kier molecular flexibility index (Phi) is 6.17. The van der Waals surface area contributed by atoms with Gasteiger partial charge < -0.3 is 19.1 Å². The molecule has 2 aromatic carbocycles. The largest absolute Gasteiger partial charge is 0.493 e. The van der Waals surface area contributed by atoms with E-state index in [0.717, 1.165) is 16.5 Å². The molecule has 7 heteroatoms. The summed E-state index contributed by atoms with van der Waals surface area (Å²) >= 11 is 9.36. The molecule has 1 heterocycles. The van der Waals surface area contributed by atoms with Gasteiger partial charge in [-0.2, -0.15) is 0 Å². The first kappa shape index (κ1) is 19.8. The molecule has 1 aliphatic heterocycles. The summed E-state index contributed by atoms with van der Waals surface area (Å²) in [5, 5.41) is 0.602. The van der Waals surface area contributed by atoms with Gasteiger partial charge in [0.05, 0.1) is 18.7 Å². The molecule has 0 saturated carbocycles. The molecule has 27 heavy (non-hydrogen) atoms. The van der Waals surface area contributed by atoms with Crippen LogP contribution in [0.1, 0.15) is 18.1 Å². The Labute approximate surface area is 172 Å². The monoisotopic (exact) mass is 453 g/mol. The average Bonchev–Trinajstić information content (AvgIpc) is 2.67. The highest BCUT2D eigenvalue weighted by Gasteiger charge is 2.27. The number of nitrogens with zero attached hydrogens (tertiary/aromatic N) is 1. The molecule has 1 aliphatic rings. The standard InChI is InChI=1S/C20H21BrClNO4/c1-12(27-17-5-4-15(22)10-16(17)21)20(24)23-7-6-13-8-18(25-2)19(26-3)9-14(13)11-23/h4-5,8-10,12H,6-7,11H2,1-3H3. The molecule has 0 aromatic heterocycles. The summed E-state index contributed by atoms with van der Waals surface area (Å²) in [7, 11) is 3.23. The summed E-state index contributed by atoms with van der Waals surface area (Å²) in [6, 6.07) is 9.15. The first-order chi connectivity index (χ1) is 12.9. The topological polar surface area (TPSA) is 48.0 Å². The smallest absolute Gasteiger partial charge is 0.263 e. The van der Waals surface area contributed by atoms with Crippen LogP contribution in [0.2, 0.25) is 5.02 Å². The molecule has 2 aromatic rings. The van der Waals surface area contributed by atoms with Gasteiger partial charge in [0.2, 0.25) is 0 Å². The summed E-state index contributed by atoms with van der Waals surface area (Å²) in [5.41, 5.74) is 2.23. The van der Waals surface area contributed by atoms with Crippen molar-refractivity contribution in [2.75, 3.05) is 20.8 Å². The number of amides is 1. The maximum Gasteiger partial charge on any atom is 0.263 e. The molecular formula is C20H21BrClNO4. The van der Waals surface area contributed by atoms with E-state index in [1.54, 1.807) is 39.3 Å². The molecule has 1 atom stereocenters. The SMILES string of the molecule is COc1cc2c(cc1OC)CN(C(=O)C(C)Oc1ccc(Cl)cc1Br)CC2. The second-order valence-electron chi connectivity index (χ2n) is 6.32. The third kappa shape index (κ3) is 4.33. The van der Waals surface area contributed by atoms with Gasteiger partial charge >= 0.3 is 0 Å². The molecule has 0 N–H and O–H groups in total. The van der Waals surface area contributed by atoms with Crippen molar-refractivity contribution >= 4 is 33.4 Å². The zero-order valence-corrected chi connectivity index (χ0v) is 17.8. The van der Waals surface area contributed by atoms with Crippen molar-refractivity contribution in [2.45, 2.75) is 26.0 Å². The fourth-order valence-corrected chi connectivity index (χ4v) is 3.92. The van der Waals surface area contributed by atoms with E-state index >= 15 is 0 Å². The summed E-state index contributed by atoms with van der Waals surface area (Å²) in [4.78, 5) is 14.7. The van der Waals surface area contributed by atoms with E-state index in [-0.39, 0.29) is 5.91 Å². The Hall–Kier alpha value is -1.92. The number of carbonyl (C=O) groups excluding carboxylic acids is 1. The van der Waals surface area contributed by atoms with Crippen molar-refractivity contribution in [3.63, 3.8) is 0 Å². The molecule has 144 valence electrons. The minimum atomic E-state index is -0.607. The lowest BCUT2D eigenvalue weighted by Crippen LogP contribution is -2.43. The molecule has 0 saturated heterocycles. The summed E-state index contributed by atoms with van der Waals surface area (Å²) in [6.07, 6.45) is 0.155. The van der Waals surface area contributed by atoms with Crippen LogP contribution >= 0.6 is 27.5 Å². The van der Waals surface area contributed by atoms with Gasteiger partial charge in [0.1, 0.15) is 5.75 Å². The fourth-order valence-electron chi connectivity index (χ4n) is 3.14. The van der Waals surface area contributed by atoms with Gasteiger partial charge in [-0.3, -0.25) is 4.79 Å². The van der Waals surface area contributed by atoms with Crippen LogP contribution in [0.4, 0.5) is 0 Å². The molecular weight excluding hydrogens is 434 g/mol. The predicted molar refractivity (Wildman–Crippen MR) is 108 cm³/mol. The van der Waals surface area contributed by atoms with Gasteiger partial charge in [-0.25, -0.2) is 0 Å². The van der Waals surface area contributed by atoms with Crippen LogP contribution < -0.4 is 14.2 Å². The maximum atomic E-state index is 12.9. The van der Waals surface area contributed by atoms with Gasteiger partial charge in [0.25, 0.3) is 5.91 Å². The highest BCUT2D eigenvalue weighted by atomic mass is 79.9. The third-order valence-electron chi connectivity index (χ3n) is 4.58. The van der Waals surface area contributed by atoms with Crippen LogP contribution in [0, 0.1) is 0 Å². The Morgan fingerprint density at radius 3 is 2.41 bits per heavy atom. The quantitative estimate of drug-likeness (QED) is 0.669. The number of hydrogen-bond acceptors (Lipinski definition) is 4. The molecule has 0 aliphatic carbocycles. The molecule has 0 spiro atoms. The zero-order valence-electron chi connectivity index (χ0n) is 15.4. The van der Waals surface area contributed by atoms with Crippen molar-refractivity contribution in [1.82, 2.24) is 4.90 Å². The van der Waals surface area contributed by atoms with Crippen molar-refractivity contribution < 1.29 is 19.0 Å². The number of halogens is 2. The second-order valence-corrected chi connectivity index (χ2v) is 7.61. The van der Waals surface area contributed by atoms with Crippen molar-refractivity contribution in [1.29, 1.82) is 0 Å². The molecule has 0 fully saturated rings. The van der Waals surface area contributed by atoms with Crippen LogP contribution in [0.15, 0.2) is 34.8 Å². The van der Waals surface area contributed by atoms with E-state index in [1.807, 2.05) is 17.0 Å². The van der Waals surface area contributed by atoms with Gasteiger partial charge in [-0.05, 0) is 70.7 Å². The minimum Gasteiger partial charge on any atom is -0.493 e. The van der Waals surface area contributed by atoms with E-state index in [1.165, 1.54) is 5.56 Å². The Bertz CT molecular complexity index is 858. The number of carbonyl (C=O) groups is 1. The van der Waals surface area contributed by atoms with Crippen LogP contribution in [0.5, 0.6) is 17.2 Å². The molecule has 0 bridgehead atoms. The molecule has 1 amide bonds. The predicted octanol–water partition coefficient (Wildman–Crippen LogP) is 4.47. The maximum absolute atomic E-state index is 12.9. The van der Waals surface area contributed by atoms with Gasteiger partial charge in [-0.15, -0.1) is 0 Å². The molecule has 5 nitrogen and oxygen atoms in total. The first-order valence-corrected chi connectivity index (χ1v) is 9.74. The van der Waals surface area contributed by atoms with E-state index in [9.17, 15) is 4.79 Å². The number of ether oxygens (including phenoxy) is 3. The average molecular weight is 455 g/mol. The normalized spacial score (nSPS) is 14.3. The fraction of sp³-hybridized carbons (Fsp3) is 0.350. The van der Waals surface area contributed by atoms with Crippen molar-refractivity contribution in [2.24, 2.45) is 0 Å². The van der Waals surface area contributed by atoms with Crippen molar-refractivity contribution in [3.05, 3.63) is 51.0 Å². The van der Waals surface area contributed by atoms with Crippen LogP contribution in [-0.2, 0) is 17.8 Å². The molecule has 3 rings (SSSR count). The minimum absolute atomic E-state index is 0.0581. The van der Waals surface area contributed by atoms with E-state index in [2.05, 4.69) is 15.9 Å². The second kappa shape index (κ2) is 8.40. The van der Waals surface area contributed by atoms with Gasteiger partial charge in [0, 0.05) is 18.1 Å². The summed E-state index contributed by atoms with van der Waals surface area (Å²) in [6.45, 7) is 2.91. The zero-order chi connectivity index (χ0) is 19.6. The Balaban J connectivity index is 1.73. The van der Waals surface area contributed by atoms with Crippen molar-refractivity contribution in [3.8, 4) is 17.2 Å². The summed E-state index contributed by atoms with van der Waals surface area (Å²) < 4.78 is 17.3. The van der Waals surface area contributed by atoms with Crippen LogP contribution in [0.25, 0.3) is 0 Å². The van der Waals surface area contributed by atoms with E-state index < -0.39 is 6.10 Å². The lowest BCUT2D eigenvalue weighted by atomic mass is 9.98. The number of rotatable bonds is 5. The lowest BCUT2D eigenvalue weighted by molar-refractivity contribution is -0.138. The lowest BCUT2D eigenvalue weighted by Gasteiger charge is -2.31. The van der Waals surface area contributed by atoms with Gasteiger partial charge in [0.15, 0.2) is 17.6 Å².